The Balaban J connectivity index is 2.02. The Morgan fingerprint density at radius 3 is 2.57 bits per heavy atom. The van der Waals surface area contributed by atoms with Crippen LogP contribution in [0.15, 0.2) is 54.6 Å². The zero-order valence-corrected chi connectivity index (χ0v) is 13.2. The first-order valence-electron chi connectivity index (χ1n) is 7.03. The number of halogens is 1. The van der Waals surface area contributed by atoms with Gasteiger partial charge in [-0.3, -0.25) is 4.79 Å². The Morgan fingerprint density at radius 1 is 1.09 bits per heavy atom. The SMILES string of the molecule is COc1ccc2c(C(=O)Cl)ccc(OCc3ccccc3)c2n1. The second-order valence-electron chi connectivity index (χ2n) is 4.91. The van der Waals surface area contributed by atoms with Crippen LogP contribution in [-0.4, -0.2) is 17.3 Å². The summed E-state index contributed by atoms with van der Waals surface area (Å²) in [6.07, 6.45) is 0. The fourth-order valence-electron chi connectivity index (χ4n) is 2.31. The summed E-state index contributed by atoms with van der Waals surface area (Å²) in [4.78, 5) is 16.0. The van der Waals surface area contributed by atoms with Crippen LogP contribution in [0.25, 0.3) is 10.9 Å². The highest BCUT2D eigenvalue weighted by Gasteiger charge is 2.14. The Labute approximate surface area is 138 Å². The molecule has 5 heteroatoms. The monoisotopic (exact) mass is 327 g/mol. The number of methoxy groups -OCH3 is 1. The molecule has 0 aliphatic rings. The maximum absolute atomic E-state index is 11.6. The molecule has 0 fully saturated rings. The van der Waals surface area contributed by atoms with Crippen LogP contribution in [0.4, 0.5) is 0 Å². The lowest BCUT2D eigenvalue weighted by Crippen LogP contribution is -2.00. The largest absolute Gasteiger partial charge is 0.487 e. The second kappa shape index (κ2) is 6.67. The molecule has 2 aromatic carbocycles. The van der Waals surface area contributed by atoms with Crippen LogP contribution >= 0.6 is 11.6 Å². The molecule has 0 N–H and O–H groups in total. The fraction of sp³-hybridized carbons (Fsp3) is 0.111. The van der Waals surface area contributed by atoms with Crippen LogP contribution in [-0.2, 0) is 6.61 Å². The number of hydrogen-bond acceptors (Lipinski definition) is 4. The third-order valence-corrected chi connectivity index (χ3v) is 3.66. The van der Waals surface area contributed by atoms with Crippen molar-refractivity contribution in [2.45, 2.75) is 6.61 Å². The molecule has 4 nitrogen and oxygen atoms in total. The number of nitrogens with zero attached hydrogens (tertiary/aromatic N) is 1. The van der Waals surface area contributed by atoms with Gasteiger partial charge in [0.15, 0.2) is 0 Å². The molecule has 23 heavy (non-hydrogen) atoms. The lowest BCUT2D eigenvalue weighted by molar-refractivity contribution is 0.108. The Bertz CT molecular complexity index is 850. The third kappa shape index (κ3) is 3.27. The van der Waals surface area contributed by atoms with Gasteiger partial charge >= 0.3 is 0 Å². The van der Waals surface area contributed by atoms with Crippen LogP contribution in [0, 0.1) is 0 Å². The zero-order chi connectivity index (χ0) is 16.2. The van der Waals surface area contributed by atoms with Gasteiger partial charge in [-0.25, -0.2) is 4.98 Å². The minimum atomic E-state index is -0.531. The quantitative estimate of drug-likeness (QED) is 0.659. The highest BCUT2D eigenvalue weighted by Crippen LogP contribution is 2.30. The molecule has 3 aromatic rings. The van der Waals surface area contributed by atoms with E-state index in [2.05, 4.69) is 4.98 Å². The van der Waals surface area contributed by atoms with Crippen molar-refractivity contribution in [1.82, 2.24) is 4.98 Å². The molecule has 0 saturated heterocycles. The standard InChI is InChI=1S/C18H14ClNO3/c1-22-16-10-8-13-14(18(19)21)7-9-15(17(13)20-16)23-11-12-5-3-2-4-6-12/h2-10H,11H2,1H3. The predicted molar refractivity (Wildman–Crippen MR) is 89.3 cm³/mol. The molecular formula is C18H14ClNO3. The second-order valence-corrected chi connectivity index (χ2v) is 5.25. The van der Waals surface area contributed by atoms with Gasteiger partial charge in [-0.1, -0.05) is 30.3 Å². The predicted octanol–water partition coefficient (Wildman–Crippen LogP) is 4.20. The van der Waals surface area contributed by atoms with E-state index in [9.17, 15) is 4.79 Å². The Kier molecular flexibility index (Phi) is 4.44. The van der Waals surface area contributed by atoms with Crippen LogP contribution < -0.4 is 9.47 Å². The number of fused-ring (bicyclic) bond motifs is 1. The molecule has 0 saturated carbocycles. The summed E-state index contributed by atoms with van der Waals surface area (Å²) >= 11 is 5.64. The summed E-state index contributed by atoms with van der Waals surface area (Å²) in [6, 6.07) is 16.6. The molecular weight excluding hydrogens is 314 g/mol. The summed E-state index contributed by atoms with van der Waals surface area (Å²) in [5.41, 5.74) is 1.98. The van der Waals surface area contributed by atoms with Gasteiger partial charge in [-0.05, 0) is 35.4 Å². The van der Waals surface area contributed by atoms with Crippen molar-refractivity contribution in [2.75, 3.05) is 7.11 Å². The molecule has 1 aromatic heterocycles. The van der Waals surface area contributed by atoms with E-state index in [0.29, 0.717) is 34.7 Å². The molecule has 0 spiro atoms. The molecule has 0 aliphatic carbocycles. The first kappa shape index (κ1) is 15.3. The number of ether oxygens (including phenoxy) is 2. The molecule has 0 unspecified atom stereocenters. The smallest absolute Gasteiger partial charge is 0.253 e. The van der Waals surface area contributed by atoms with Gasteiger partial charge in [0, 0.05) is 17.0 Å². The van der Waals surface area contributed by atoms with Gasteiger partial charge in [-0.15, -0.1) is 0 Å². The maximum atomic E-state index is 11.6. The van der Waals surface area contributed by atoms with Crippen molar-refractivity contribution < 1.29 is 14.3 Å². The summed E-state index contributed by atoms with van der Waals surface area (Å²) in [5, 5.41) is 0.105. The normalized spacial score (nSPS) is 10.5. The van der Waals surface area contributed by atoms with E-state index in [0.717, 1.165) is 5.56 Å². The number of pyridine rings is 1. The minimum Gasteiger partial charge on any atom is -0.487 e. The van der Waals surface area contributed by atoms with Crippen molar-refractivity contribution in [3.63, 3.8) is 0 Å². The lowest BCUT2D eigenvalue weighted by atomic mass is 10.1. The Hall–Kier alpha value is -2.59. The van der Waals surface area contributed by atoms with Crippen molar-refractivity contribution in [1.29, 1.82) is 0 Å². The van der Waals surface area contributed by atoms with Crippen LogP contribution in [0.1, 0.15) is 15.9 Å². The highest BCUT2D eigenvalue weighted by atomic mass is 35.5. The molecule has 0 amide bonds. The number of benzene rings is 2. The summed E-state index contributed by atoms with van der Waals surface area (Å²) < 4.78 is 11.0. The zero-order valence-electron chi connectivity index (χ0n) is 12.5. The van der Waals surface area contributed by atoms with E-state index in [1.165, 1.54) is 7.11 Å². The van der Waals surface area contributed by atoms with Gasteiger partial charge < -0.3 is 9.47 Å². The Morgan fingerprint density at radius 2 is 1.87 bits per heavy atom. The summed E-state index contributed by atoms with van der Waals surface area (Å²) in [6.45, 7) is 0.406. The molecule has 0 atom stereocenters. The molecule has 0 radical (unpaired) electrons. The number of rotatable bonds is 5. The molecule has 1 heterocycles. The number of carbonyl (C=O) groups excluding carboxylic acids is 1. The van der Waals surface area contributed by atoms with Gasteiger partial charge in [-0.2, -0.15) is 0 Å². The first-order chi connectivity index (χ1) is 11.2. The highest BCUT2D eigenvalue weighted by molar-refractivity contribution is 6.68. The molecule has 3 rings (SSSR count). The first-order valence-corrected chi connectivity index (χ1v) is 7.41. The van der Waals surface area contributed by atoms with Gasteiger partial charge in [0.2, 0.25) is 5.88 Å². The van der Waals surface area contributed by atoms with E-state index in [1.54, 1.807) is 24.3 Å². The third-order valence-electron chi connectivity index (χ3n) is 3.45. The van der Waals surface area contributed by atoms with Crippen LogP contribution in [0.3, 0.4) is 0 Å². The van der Waals surface area contributed by atoms with Crippen molar-refractivity contribution in [3.05, 3.63) is 65.7 Å². The van der Waals surface area contributed by atoms with Crippen LogP contribution in [0.5, 0.6) is 11.6 Å². The topological polar surface area (TPSA) is 48.4 Å². The van der Waals surface area contributed by atoms with E-state index >= 15 is 0 Å². The van der Waals surface area contributed by atoms with Crippen molar-refractivity contribution in [3.8, 4) is 11.6 Å². The van der Waals surface area contributed by atoms with E-state index in [4.69, 9.17) is 21.1 Å². The fourth-order valence-corrected chi connectivity index (χ4v) is 2.48. The average molecular weight is 328 g/mol. The van der Waals surface area contributed by atoms with Crippen LogP contribution in [0.2, 0.25) is 0 Å². The number of carbonyl (C=O) groups is 1. The number of hydrogen-bond donors (Lipinski definition) is 0. The van der Waals surface area contributed by atoms with E-state index in [-0.39, 0.29) is 0 Å². The maximum Gasteiger partial charge on any atom is 0.253 e. The van der Waals surface area contributed by atoms with E-state index in [1.807, 2.05) is 30.3 Å². The van der Waals surface area contributed by atoms with Crippen molar-refractivity contribution in [2.24, 2.45) is 0 Å². The van der Waals surface area contributed by atoms with E-state index < -0.39 is 5.24 Å². The minimum absolute atomic E-state index is 0.392. The van der Waals surface area contributed by atoms with Gasteiger partial charge in [0.1, 0.15) is 17.9 Å². The average Bonchev–Trinajstić information content (AvgIpc) is 2.59. The molecule has 0 bridgehead atoms. The summed E-state index contributed by atoms with van der Waals surface area (Å²) in [5.74, 6) is 1.02. The summed E-state index contributed by atoms with van der Waals surface area (Å²) in [7, 11) is 1.54. The number of aromatic nitrogens is 1. The van der Waals surface area contributed by atoms with Crippen molar-refractivity contribution >= 4 is 27.7 Å². The van der Waals surface area contributed by atoms with Gasteiger partial charge in [0.25, 0.3) is 5.24 Å². The lowest BCUT2D eigenvalue weighted by Gasteiger charge is -2.11. The molecule has 116 valence electrons. The van der Waals surface area contributed by atoms with Gasteiger partial charge in [0.05, 0.1) is 7.11 Å². The molecule has 0 aliphatic heterocycles.